The first-order chi connectivity index (χ1) is 8.65. The second-order valence-electron chi connectivity index (χ2n) is 4.20. The maximum absolute atomic E-state index is 13.0. The van der Waals surface area contributed by atoms with E-state index in [4.69, 9.17) is 4.42 Å². The molecular formula is C14H15BrFNO. The van der Waals surface area contributed by atoms with Crippen molar-refractivity contribution in [1.29, 1.82) is 0 Å². The molecule has 1 atom stereocenters. The number of hydrogen-bond acceptors (Lipinski definition) is 2. The highest BCUT2D eigenvalue weighted by molar-refractivity contribution is 9.10. The summed E-state index contributed by atoms with van der Waals surface area (Å²) in [6.07, 6.45) is 0.796. The van der Waals surface area contributed by atoms with E-state index in [9.17, 15) is 4.39 Å². The molecule has 0 aliphatic heterocycles. The van der Waals surface area contributed by atoms with Crippen LogP contribution in [0, 0.1) is 5.82 Å². The van der Waals surface area contributed by atoms with Crippen LogP contribution in [-0.4, -0.2) is 6.54 Å². The monoisotopic (exact) mass is 311 g/mol. The maximum atomic E-state index is 13.0. The average molecular weight is 312 g/mol. The molecule has 0 fully saturated rings. The first kappa shape index (κ1) is 13.3. The minimum atomic E-state index is -0.185. The standard InChI is InChI=1S/C14H15BrFNO/c1-10(13-5-6-14(15)18-13)17-8-7-11-3-2-4-12(16)9-11/h2-6,9-10,17H,7-8H2,1H3. The Morgan fingerprint density at radius 1 is 1.33 bits per heavy atom. The lowest BCUT2D eigenvalue weighted by Crippen LogP contribution is -2.20. The summed E-state index contributed by atoms with van der Waals surface area (Å²) in [5, 5.41) is 3.34. The van der Waals surface area contributed by atoms with Gasteiger partial charge in [-0.1, -0.05) is 12.1 Å². The normalized spacial score (nSPS) is 12.6. The molecule has 1 N–H and O–H groups in total. The van der Waals surface area contributed by atoms with Gasteiger partial charge in [-0.3, -0.25) is 0 Å². The molecule has 0 aliphatic rings. The first-order valence-electron chi connectivity index (χ1n) is 5.88. The van der Waals surface area contributed by atoms with Crippen LogP contribution in [0.15, 0.2) is 45.5 Å². The summed E-state index contributed by atoms with van der Waals surface area (Å²) >= 11 is 3.28. The van der Waals surface area contributed by atoms with Crippen molar-refractivity contribution in [3.63, 3.8) is 0 Å². The minimum Gasteiger partial charge on any atom is -0.453 e. The number of rotatable bonds is 5. The largest absolute Gasteiger partial charge is 0.453 e. The van der Waals surface area contributed by atoms with Crippen LogP contribution in [0.2, 0.25) is 0 Å². The summed E-state index contributed by atoms with van der Waals surface area (Å²) in [5.41, 5.74) is 0.996. The SMILES string of the molecule is CC(NCCc1cccc(F)c1)c1ccc(Br)o1. The third-order valence-corrected chi connectivity index (χ3v) is 3.20. The molecule has 1 heterocycles. The van der Waals surface area contributed by atoms with Crippen LogP contribution in [0.25, 0.3) is 0 Å². The summed E-state index contributed by atoms with van der Waals surface area (Å²) in [5.74, 6) is 0.705. The van der Waals surface area contributed by atoms with Crippen molar-refractivity contribution in [3.05, 3.63) is 58.2 Å². The number of halogens is 2. The molecular weight excluding hydrogens is 297 g/mol. The second-order valence-corrected chi connectivity index (χ2v) is 4.98. The Bertz CT molecular complexity index is 512. The molecule has 2 rings (SSSR count). The van der Waals surface area contributed by atoms with Gasteiger partial charge in [-0.2, -0.15) is 0 Å². The molecule has 0 saturated carbocycles. The van der Waals surface area contributed by atoms with Crippen LogP contribution in [0.1, 0.15) is 24.3 Å². The summed E-state index contributed by atoms with van der Waals surface area (Å²) in [4.78, 5) is 0. The van der Waals surface area contributed by atoms with Crippen molar-refractivity contribution in [1.82, 2.24) is 5.32 Å². The smallest absolute Gasteiger partial charge is 0.169 e. The van der Waals surface area contributed by atoms with E-state index < -0.39 is 0 Å². The quantitative estimate of drug-likeness (QED) is 0.900. The molecule has 96 valence electrons. The fourth-order valence-electron chi connectivity index (χ4n) is 1.79. The van der Waals surface area contributed by atoms with Crippen LogP contribution in [0.5, 0.6) is 0 Å². The van der Waals surface area contributed by atoms with Gasteiger partial charge in [-0.25, -0.2) is 4.39 Å². The average Bonchev–Trinajstić information content (AvgIpc) is 2.76. The van der Waals surface area contributed by atoms with Crippen LogP contribution >= 0.6 is 15.9 Å². The molecule has 18 heavy (non-hydrogen) atoms. The molecule has 2 aromatic rings. The highest BCUT2D eigenvalue weighted by atomic mass is 79.9. The zero-order chi connectivity index (χ0) is 13.0. The second kappa shape index (κ2) is 6.16. The third-order valence-electron chi connectivity index (χ3n) is 2.77. The molecule has 1 unspecified atom stereocenters. The fraction of sp³-hybridized carbons (Fsp3) is 0.286. The van der Waals surface area contributed by atoms with E-state index in [0.717, 1.165) is 29.0 Å². The zero-order valence-electron chi connectivity index (χ0n) is 10.1. The number of benzene rings is 1. The van der Waals surface area contributed by atoms with Crippen LogP contribution < -0.4 is 5.32 Å². The van der Waals surface area contributed by atoms with E-state index in [-0.39, 0.29) is 11.9 Å². The van der Waals surface area contributed by atoms with Crippen molar-refractivity contribution in [3.8, 4) is 0 Å². The molecule has 0 saturated heterocycles. The predicted octanol–water partition coefficient (Wildman–Crippen LogP) is 4.07. The van der Waals surface area contributed by atoms with Crippen molar-refractivity contribution >= 4 is 15.9 Å². The fourth-order valence-corrected chi connectivity index (χ4v) is 2.11. The van der Waals surface area contributed by atoms with E-state index in [1.807, 2.05) is 25.1 Å². The van der Waals surface area contributed by atoms with Gasteiger partial charge in [0, 0.05) is 0 Å². The lowest BCUT2D eigenvalue weighted by atomic mass is 10.1. The van der Waals surface area contributed by atoms with Crippen LogP contribution in [0.3, 0.4) is 0 Å². The van der Waals surface area contributed by atoms with Gasteiger partial charge in [0.2, 0.25) is 0 Å². The van der Waals surface area contributed by atoms with E-state index in [1.165, 1.54) is 6.07 Å². The van der Waals surface area contributed by atoms with Gasteiger partial charge in [-0.15, -0.1) is 0 Å². The summed E-state index contributed by atoms with van der Waals surface area (Å²) < 4.78 is 19.2. The highest BCUT2D eigenvalue weighted by Gasteiger charge is 2.08. The van der Waals surface area contributed by atoms with Crippen LogP contribution in [-0.2, 0) is 6.42 Å². The first-order valence-corrected chi connectivity index (χ1v) is 6.67. The Labute approximate surface area is 114 Å². The molecule has 0 amide bonds. The van der Waals surface area contributed by atoms with Crippen molar-refractivity contribution < 1.29 is 8.81 Å². The molecule has 4 heteroatoms. The van der Waals surface area contributed by atoms with E-state index >= 15 is 0 Å². The number of hydrogen-bond donors (Lipinski definition) is 1. The van der Waals surface area contributed by atoms with E-state index in [2.05, 4.69) is 21.2 Å². The minimum absolute atomic E-state index is 0.143. The van der Waals surface area contributed by atoms with E-state index in [1.54, 1.807) is 12.1 Å². The third kappa shape index (κ3) is 3.68. The Kier molecular flexibility index (Phi) is 4.55. The molecule has 0 radical (unpaired) electrons. The Morgan fingerprint density at radius 3 is 2.83 bits per heavy atom. The Hall–Kier alpha value is -1.13. The molecule has 1 aromatic heterocycles. The van der Waals surface area contributed by atoms with Gasteiger partial charge in [-0.05, 0) is 65.6 Å². The van der Waals surface area contributed by atoms with Gasteiger partial charge in [0.15, 0.2) is 4.67 Å². The Morgan fingerprint density at radius 2 is 2.17 bits per heavy atom. The summed E-state index contributed by atoms with van der Waals surface area (Å²) in [7, 11) is 0. The lowest BCUT2D eigenvalue weighted by molar-refractivity contribution is 0.420. The van der Waals surface area contributed by atoms with E-state index in [0.29, 0.717) is 0 Å². The number of nitrogens with one attached hydrogen (secondary N) is 1. The maximum Gasteiger partial charge on any atom is 0.169 e. The van der Waals surface area contributed by atoms with Gasteiger partial charge >= 0.3 is 0 Å². The van der Waals surface area contributed by atoms with Gasteiger partial charge < -0.3 is 9.73 Å². The highest BCUT2D eigenvalue weighted by Crippen LogP contribution is 2.19. The Balaban J connectivity index is 1.82. The molecule has 0 aliphatic carbocycles. The van der Waals surface area contributed by atoms with Gasteiger partial charge in [0.25, 0.3) is 0 Å². The van der Waals surface area contributed by atoms with Gasteiger partial charge in [0.05, 0.1) is 6.04 Å². The van der Waals surface area contributed by atoms with Crippen LogP contribution in [0.4, 0.5) is 4.39 Å². The van der Waals surface area contributed by atoms with Crippen molar-refractivity contribution in [2.75, 3.05) is 6.54 Å². The predicted molar refractivity (Wildman–Crippen MR) is 72.9 cm³/mol. The lowest BCUT2D eigenvalue weighted by Gasteiger charge is -2.11. The zero-order valence-corrected chi connectivity index (χ0v) is 11.7. The molecule has 1 aromatic carbocycles. The van der Waals surface area contributed by atoms with Crippen molar-refractivity contribution in [2.24, 2.45) is 0 Å². The molecule has 2 nitrogen and oxygen atoms in total. The molecule has 0 bridgehead atoms. The summed E-state index contributed by atoms with van der Waals surface area (Å²) in [6, 6.07) is 10.6. The number of furan rings is 1. The summed E-state index contributed by atoms with van der Waals surface area (Å²) in [6.45, 7) is 2.82. The molecule has 0 spiro atoms. The van der Waals surface area contributed by atoms with Crippen molar-refractivity contribution in [2.45, 2.75) is 19.4 Å². The van der Waals surface area contributed by atoms with Gasteiger partial charge in [0.1, 0.15) is 11.6 Å². The topological polar surface area (TPSA) is 25.2 Å².